The monoisotopic (exact) mass is 308 g/mol. The molecule has 0 saturated carbocycles. The first kappa shape index (κ1) is 16.3. The number of nitrogens with zero attached hydrogens (tertiary/aromatic N) is 2. The van der Waals surface area contributed by atoms with Crippen LogP contribution in [-0.2, 0) is 11.3 Å². The average Bonchev–Trinajstić information content (AvgIpc) is 2.51. The van der Waals surface area contributed by atoms with Crippen molar-refractivity contribution in [1.82, 2.24) is 9.80 Å². The molecule has 0 aromatic heterocycles. The normalized spacial score (nSPS) is 19.5. The third-order valence-electron chi connectivity index (χ3n) is 4.25. The quantitative estimate of drug-likeness (QED) is 0.832. The van der Waals surface area contributed by atoms with E-state index >= 15 is 0 Å². The summed E-state index contributed by atoms with van der Waals surface area (Å²) in [7, 11) is 0. The summed E-state index contributed by atoms with van der Waals surface area (Å²) in [5.74, 6) is 0.478. The van der Waals surface area contributed by atoms with Gasteiger partial charge in [0.15, 0.2) is 0 Å². The highest BCUT2D eigenvalue weighted by molar-refractivity contribution is 6.30. The second-order valence-electron chi connectivity index (χ2n) is 5.71. The summed E-state index contributed by atoms with van der Waals surface area (Å²) >= 11 is 5.92. The fourth-order valence-electron chi connectivity index (χ4n) is 3.04. The van der Waals surface area contributed by atoms with Crippen LogP contribution in [0.1, 0.15) is 32.3 Å². The molecule has 2 rings (SSSR count). The molecule has 3 nitrogen and oxygen atoms in total. The summed E-state index contributed by atoms with van der Waals surface area (Å²) in [6, 6.07) is 8.00. The molecule has 1 atom stereocenters. The summed E-state index contributed by atoms with van der Waals surface area (Å²) in [5, 5.41) is 0.770. The highest BCUT2D eigenvalue weighted by Crippen LogP contribution is 2.21. The van der Waals surface area contributed by atoms with Gasteiger partial charge in [0.25, 0.3) is 0 Å². The zero-order valence-corrected chi connectivity index (χ0v) is 13.8. The lowest BCUT2D eigenvalue weighted by Gasteiger charge is -2.34. The third kappa shape index (κ3) is 4.45. The van der Waals surface area contributed by atoms with Gasteiger partial charge in [-0.1, -0.05) is 23.7 Å². The van der Waals surface area contributed by atoms with Gasteiger partial charge in [-0.2, -0.15) is 0 Å². The molecular formula is C17H25ClN2O. The Hall–Kier alpha value is -1.06. The van der Waals surface area contributed by atoms with Gasteiger partial charge in [-0.15, -0.1) is 0 Å². The molecule has 0 spiro atoms. The zero-order valence-electron chi connectivity index (χ0n) is 13.0. The standard InChI is InChI=1S/C17H25ClN2O/c1-3-20(4-2)17(21)15-6-5-11-19(13-15)12-14-7-9-16(18)10-8-14/h7-10,15H,3-6,11-13H2,1-2H3/t15-/m1/s1. The summed E-state index contributed by atoms with van der Waals surface area (Å²) in [6.07, 6.45) is 2.12. The van der Waals surface area contributed by atoms with Gasteiger partial charge in [-0.3, -0.25) is 9.69 Å². The first-order valence-corrected chi connectivity index (χ1v) is 8.27. The van der Waals surface area contributed by atoms with Gasteiger partial charge < -0.3 is 4.90 Å². The van der Waals surface area contributed by atoms with E-state index in [0.717, 1.165) is 50.6 Å². The summed E-state index contributed by atoms with van der Waals surface area (Å²) < 4.78 is 0. The summed E-state index contributed by atoms with van der Waals surface area (Å²) in [6.45, 7) is 8.57. The highest BCUT2D eigenvalue weighted by atomic mass is 35.5. The Morgan fingerprint density at radius 3 is 2.57 bits per heavy atom. The van der Waals surface area contributed by atoms with Crippen LogP contribution in [0.2, 0.25) is 5.02 Å². The molecule has 1 saturated heterocycles. The lowest BCUT2D eigenvalue weighted by molar-refractivity contribution is -0.137. The van der Waals surface area contributed by atoms with Gasteiger partial charge >= 0.3 is 0 Å². The molecule has 21 heavy (non-hydrogen) atoms. The number of carbonyl (C=O) groups is 1. The van der Waals surface area contributed by atoms with Crippen LogP contribution in [0.25, 0.3) is 0 Å². The predicted molar refractivity (Wildman–Crippen MR) is 87.4 cm³/mol. The largest absolute Gasteiger partial charge is 0.343 e. The van der Waals surface area contributed by atoms with Crippen molar-refractivity contribution in [2.45, 2.75) is 33.2 Å². The van der Waals surface area contributed by atoms with E-state index in [1.165, 1.54) is 5.56 Å². The molecule has 1 aliphatic rings. The number of carbonyl (C=O) groups excluding carboxylic acids is 1. The van der Waals surface area contributed by atoms with Crippen molar-refractivity contribution >= 4 is 17.5 Å². The van der Waals surface area contributed by atoms with Crippen molar-refractivity contribution in [3.05, 3.63) is 34.9 Å². The molecule has 0 bridgehead atoms. The first-order valence-electron chi connectivity index (χ1n) is 7.89. The molecule has 1 fully saturated rings. The van der Waals surface area contributed by atoms with Crippen LogP contribution in [0.5, 0.6) is 0 Å². The van der Waals surface area contributed by atoms with Gasteiger partial charge in [-0.05, 0) is 50.9 Å². The molecule has 1 amide bonds. The topological polar surface area (TPSA) is 23.6 Å². The smallest absolute Gasteiger partial charge is 0.226 e. The van der Waals surface area contributed by atoms with E-state index in [9.17, 15) is 4.79 Å². The van der Waals surface area contributed by atoms with E-state index < -0.39 is 0 Å². The molecule has 1 aromatic rings. The second kappa shape index (κ2) is 7.81. The van der Waals surface area contributed by atoms with Crippen molar-refractivity contribution < 1.29 is 4.79 Å². The van der Waals surface area contributed by atoms with E-state index in [1.54, 1.807) is 0 Å². The number of hydrogen-bond acceptors (Lipinski definition) is 2. The molecular weight excluding hydrogens is 284 g/mol. The number of benzene rings is 1. The predicted octanol–water partition coefficient (Wildman–Crippen LogP) is 3.42. The van der Waals surface area contributed by atoms with Crippen LogP contribution < -0.4 is 0 Å². The first-order chi connectivity index (χ1) is 10.1. The minimum atomic E-state index is 0.158. The van der Waals surface area contributed by atoms with Crippen molar-refractivity contribution in [2.75, 3.05) is 26.2 Å². The number of hydrogen-bond donors (Lipinski definition) is 0. The average molecular weight is 309 g/mol. The SMILES string of the molecule is CCN(CC)C(=O)[C@@H]1CCCN(Cc2ccc(Cl)cc2)C1. The van der Waals surface area contributed by atoms with Crippen LogP contribution >= 0.6 is 11.6 Å². The van der Waals surface area contributed by atoms with Gasteiger partial charge in [0.2, 0.25) is 5.91 Å². The number of piperidine rings is 1. The van der Waals surface area contributed by atoms with E-state index in [2.05, 4.69) is 30.9 Å². The number of halogens is 1. The lowest BCUT2D eigenvalue weighted by atomic mass is 9.96. The highest BCUT2D eigenvalue weighted by Gasteiger charge is 2.28. The Morgan fingerprint density at radius 1 is 1.29 bits per heavy atom. The van der Waals surface area contributed by atoms with Gasteiger partial charge in [0.05, 0.1) is 5.92 Å². The number of amides is 1. The summed E-state index contributed by atoms with van der Waals surface area (Å²) in [5.41, 5.74) is 1.26. The fraction of sp³-hybridized carbons (Fsp3) is 0.588. The van der Waals surface area contributed by atoms with E-state index in [1.807, 2.05) is 17.0 Å². The lowest BCUT2D eigenvalue weighted by Crippen LogP contribution is -2.44. The molecule has 0 unspecified atom stereocenters. The molecule has 1 aromatic carbocycles. The molecule has 0 radical (unpaired) electrons. The third-order valence-corrected chi connectivity index (χ3v) is 4.50. The zero-order chi connectivity index (χ0) is 15.2. The van der Waals surface area contributed by atoms with Crippen LogP contribution in [0.15, 0.2) is 24.3 Å². The van der Waals surface area contributed by atoms with E-state index in [0.29, 0.717) is 5.91 Å². The Bertz CT molecular complexity index is 456. The molecule has 0 N–H and O–H groups in total. The Kier molecular flexibility index (Phi) is 6.07. The molecule has 116 valence electrons. The summed E-state index contributed by atoms with van der Waals surface area (Å²) in [4.78, 5) is 16.8. The number of likely N-dealkylation sites (tertiary alicyclic amines) is 1. The molecule has 0 aliphatic carbocycles. The van der Waals surface area contributed by atoms with E-state index in [4.69, 9.17) is 11.6 Å². The van der Waals surface area contributed by atoms with Gasteiger partial charge in [-0.25, -0.2) is 0 Å². The van der Waals surface area contributed by atoms with Crippen molar-refractivity contribution in [3.63, 3.8) is 0 Å². The van der Waals surface area contributed by atoms with Crippen LogP contribution in [-0.4, -0.2) is 41.9 Å². The minimum Gasteiger partial charge on any atom is -0.343 e. The van der Waals surface area contributed by atoms with Crippen LogP contribution in [0.4, 0.5) is 0 Å². The minimum absolute atomic E-state index is 0.158. The van der Waals surface area contributed by atoms with Gasteiger partial charge in [0.1, 0.15) is 0 Å². The van der Waals surface area contributed by atoms with Crippen molar-refractivity contribution in [1.29, 1.82) is 0 Å². The van der Waals surface area contributed by atoms with E-state index in [-0.39, 0.29) is 5.92 Å². The molecule has 1 heterocycles. The second-order valence-corrected chi connectivity index (χ2v) is 6.15. The van der Waals surface area contributed by atoms with Gasteiger partial charge in [0, 0.05) is 31.2 Å². The maximum atomic E-state index is 12.5. The fourth-order valence-corrected chi connectivity index (χ4v) is 3.17. The Morgan fingerprint density at radius 2 is 1.95 bits per heavy atom. The Balaban J connectivity index is 1.94. The van der Waals surface area contributed by atoms with Crippen LogP contribution in [0, 0.1) is 5.92 Å². The van der Waals surface area contributed by atoms with Crippen molar-refractivity contribution in [3.8, 4) is 0 Å². The maximum absolute atomic E-state index is 12.5. The number of rotatable bonds is 5. The van der Waals surface area contributed by atoms with Crippen LogP contribution in [0.3, 0.4) is 0 Å². The Labute approximate surface area is 132 Å². The molecule has 4 heteroatoms. The maximum Gasteiger partial charge on any atom is 0.226 e. The van der Waals surface area contributed by atoms with Crippen molar-refractivity contribution in [2.24, 2.45) is 5.92 Å². The molecule has 1 aliphatic heterocycles.